The van der Waals surface area contributed by atoms with Crippen LogP contribution < -0.4 is 0 Å². The van der Waals surface area contributed by atoms with E-state index in [0.717, 1.165) is 41.8 Å². The number of ketones is 1. The number of aromatic nitrogens is 2. The highest BCUT2D eigenvalue weighted by Gasteiger charge is 2.62. The highest BCUT2D eigenvalue weighted by Crippen LogP contribution is 2.58. The molecule has 5 heteroatoms. The van der Waals surface area contributed by atoms with E-state index < -0.39 is 0 Å². The second kappa shape index (κ2) is 8.50. The van der Waals surface area contributed by atoms with Crippen LogP contribution in [0.3, 0.4) is 0 Å². The Hall–Kier alpha value is -2.01. The van der Waals surface area contributed by atoms with Gasteiger partial charge in [-0.15, -0.1) is 0 Å². The summed E-state index contributed by atoms with van der Waals surface area (Å²) in [4.78, 5) is 19.6. The fourth-order valence-corrected chi connectivity index (χ4v) is 6.11. The lowest BCUT2D eigenvalue weighted by Crippen LogP contribution is -2.29. The lowest BCUT2D eigenvalue weighted by molar-refractivity contribution is 0.0939. The fourth-order valence-electron chi connectivity index (χ4n) is 6.11. The molecule has 31 heavy (non-hydrogen) atoms. The quantitative estimate of drug-likeness (QED) is 0.563. The van der Waals surface area contributed by atoms with Crippen molar-refractivity contribution in [1.82, 2.24) is 15.0 Å². The largest absolute Gasteiger partial charge is 0.361 e. The standard InChI is InChI=1S/C26H35N3O2/c1-3-22-14-25(28-31-22)26-15-21(26)16-29(17-26)12-10-19-6-8-20(9-7-19)13-24(30)23-5-4-11-27-18(23)2/h4-5,11,14,19-21H,3,6-10,12-13,15-17H2,1-2H3/t19?,20?,21-,26-/m0/s1. The van der Waals surface area contributed by atoms with Gasteiger partial charge in [0.1, 0.15) is 5.76 Å². The van der Waals surface area contributed by atoms with E-state index >= 15 is 0 Å². The summed E-state index contributed by atoms with van der Waals surface area (Å²) in [5.74, 6) is 3.43. The van der Waals surface area contributed by atoms with Gasteiger partial charge in [0, 0.05) is 54.9 Å². The van der Waals surface area contributed by atoms with E-state index in [0.29, 0.717) is 17.8 Å². The SMILES string of the molecule is CCc1cc([C@]23C[C@H]2CN(CCC2CCC(CC(=O)c4cccnc4C)CC2)C3)no1. The van der Waals surface area contributed by atoms with Gasteiger partial charge in [-0.25, -0.2) is 0 Å². The van der Waals surface area contributed by atoms with Crippen molar-refractivity contribution in [3.8, 4) is 0 Å². The third-order valence-electron chi connectivity index (χ3n) is 8.24. The maximum Gasteiger partial charge on any atom is 0.164 e. The van der Waals surface area contributed by atoms with Crippen molar-refractivity contribution < 1.29 is 9.32 Å². The first-order chi connectivity index (χ1) is 15.1. The van der Waals surface area contributed by atoms with Crippen LogP contribution in [0.5, 0.6) is 0 Å². The maximum atomic E-state index is 12.7. The number of piperidine rings is 1. The molecule has 3 heterocycles. The molecule has 3 fully saturated rings. The van der Waals surface area contributed by atoms with Crippen LogP contribution in [0.15, 0.2) is 28.9 Å². The predicted octanol–water partition coefficient (Wildman–Crippen LogP) is 4.98. The number of Topliss-reactive ketones (excluding diaryl/α,β-unsaturated/α-hetero) is 1. The lowest BCUT2D eigenvalue weighted by Gasteiger charge is -2.30. The van der Waals surface area contributed by atoms with Gasteiger partial charge in [0.25, 0.3) is 0 Å². The van der Waals surface area contributed by atoms with E-state index in [1.54, 1.807) is 6.20 Å². The van der Waals surface area contributed by atoms with Crippen LogP contribution in [0.4, 0.5) is 0 Å². The molecular formula is C26H35N3O2. The van der Waals surface area contributed by atoms with Crippen LogP contribution in [0, 0.1) is 24.7 Å². The van der Waals surface area contributed by atoms with E-state index in [4.69, 9.17) is 4.52 Å². The molecule has 0 N–H and O–H groups in total. The second-order valence-electron chi connectivity index (χ2n) is 10.3. The van der Waals surface area contributed by atoms with Gasteiger partial charge in [-0.3, -0.25) is 9.78 Å². The van der Waals surface area contributed by atoms with E-state index in [1.165, 1.54) is 57.3 Å². The number of carbonyl (C=O) groups is 1. The molecule has 0 radical (unpaired) electrons. The van der Waals surface area contributed by atoms with Gasteiger partial charge in [-0.1, -0.05) is 24.9 Å². The lowest BCUT2D eigenvalue weighted by atomic mass is 9.78. The zero-order valence-corrected chi connectivity index (χ0v) is 19.0. The average Bonchev–Trinajstić information content (AvgIpc) is 3.14. The summed E-state index contributed by atoms with van der Waals surface area (Å²) in [5.41, 5.74) is 3.16. The zero-order chi connectivity index (χ0) is 21.4. The normalized spacial score (nSPS) is 30.3. The Morgan fingerprint density at radius 1 is 1.26 bits per heavy atom. The molecule has 0 unspecified atom stereocenters. The van der Waals surface area contributed by atoms with E-state index in [1.807, 2.05) is 19.1 Å². The monoisotopic (exact) mass is 421 g/mol. The predicted molar refractivity (Wildman–Crippen MR) is 120 cm³/mol. The van der Waals surface area contributed by atoms with Crippen molar-refractivity contribution in [2.75, 3.05) is 19.6 Å². The summed E-state index contributed by atoms with van der Waals surface area (Å²) in [6.07, 6.45) is 10.9. The Bertz CT molecular complexity index is 930. The van der Waals surface area contributed by atoms with E-state index in [2.05, 4.69) is 28.0 Å². The number of rotatable bonds is 8. The first-order valence-electron chi connectivity index (χ1n) is 12.2. The van der Waals surface area contributed by atoms with Gasteiger partial charge in [-0.05, 0) is 69.0 Å². The summed E-state index contributed by atoms with van der Waals surface area (Å²) < 4.78 is 5.48. The van der Waals surface area contributed by atoms with Crippen LogP contribution in [0.25, 0.3) is 0 Å². The molecule has 5 rings (SSSR count). The third kappa shape index (κ3) is 4.21. The number of pyridine rings is 1. The van der Waals surface area contributed by atoms with Crippen LogP contribution in [-0.2, 0) is 11.8 Å². The molecule has 2 aliphatic carbocycles. The molecule has 0 spiro atoms. The molecule has 5 nitrogen and oxygen atoms in total. The highest BCUT2D eigenvalue weighted by atomic mass is 16.5. The Labute approximate surface area is 185 Å². The Morgan fingerprint density at radius 2 is 2.06 bits per heavy atom. The Kier molecular flexibility index (Phi) is 5.72. The van der Waals surface area contributed by atoms with Crippen molar-refractivity contribution in [2.45, 2.75) is 70.6 Å². The number of aryl methyl sites for hydroxylation is 2. The van der Waals surface area contributed by atoms with Crippen molar-refractivity contribution in [3.05, 3.63) is 47.1 Å². The number of hydrogen-bond donors (Lipinski definition) is 0. The Morgan fingerprint density at radius 3 is 2.81 bits per heavy atom. The van der Waals surface area contributed by atoms with Crippen molar-refractivity contribution >= 4 is 5.78 Å². The summed E-state index contributed by atoms with van der Waals surface area (Å²) in [6, 6.07) is 5.99. The molecule has 2 aromatic heterocycles. The summed E-state index contributed by atoms with van der Waals surface area (Å²) in [7, 11) is 0. The molecular weight excluding hydrogens is 386 g/mol. The van der Waals surface area contributed by atoms with Gasteiger partial charge >= 0.3 is 0 Å². The van der Waals surface area contributed by atoms with Crippen molar-refractivity contribution in [3.63, 3.8) is 0 Å². The number of hydrogen-bond acceptors (Lipinski definition) is 5. The molecule has 2 saturated carbocycles. The highest BCUT2D eigenvalue weighted by molar-refractivity contribution is 5.97. The third-order valence-corrected chi connectivity index (χ3v) is 8.24. The average molecular weight is 422 g/mol. The molecule has 1 aliphatic heterocycles. The van der Waals surface area contributed by atoms with Crippen LogP contribution >= 0.6 is 0 Å². The van der Waals surface area contributed by atoms with Gasteiger partial charge in [0.15, 0.2) is 5.78 Å². The van der Waals surface area contributed by atoms with Gasteiger partial charge in [0.05, 0.1) is 5.69 Å². The minimum absolute atomic E-state index is 0.273. The number of carbonyl (C=O) groups excluding carboxylic acids is 1. The van der Waals surface area contributed by atoms with Crippen molar-refractivity contribution in [1.29, 1.82) is 0 Å². The van der Waals surface area contributed by atoms with Crippen LogP contribution in [0.1, 0.15) is 79.4 Å². The number of likely N-dealkylation sites (tertiary alicyclic amines) is 1. The molecule has 0 aromatic carbocycles. The topological polar surface area (TPSA) is 59.2 Å². The first-order valence-corrected chi connectivity index (χ1v) is 12.2. The molecule has 3 aliphatic rings. The first kappa shape index (κ1) is 20.9. The Balaban J connectivity index is 1.05. The van der Waals surface area contributed by atoms with E-state index in [9.17, 15) is 4.79 Å². The summed E-state index contributed by atoms with van der Waals surface area (Å²) in [6.45, 7) is 7.64. The molecule has 1 saturated heterocycles. The molecule has 0 bridgehead atoms. The van der Waals surface area contributed by atoms with Crippen LogP contribution in [-0.4, -0.2) is 40.5 Å². The van der Waals surface area contributed by atoms with Gasteiger partial charge in [-0.2, -0.15) is 0 Å². The number of nitrogens with zero attached hydrogens (tertiary/aromatic N) is 3. The smallest absolute Gasteiger partial charge is 0.164 e. The van der Waals surface area contributed by atoms with Gasteiger partial charge < -0.3 is 9.42 Å². The van der Waals surface area contributed by atoms with Gasteiger partial charge in [0.2, 0.25) is 0 Å². The molecule has 2 atom stereocenters. The maximum absolute atomic E-state index is 12.7. The second-order valence-corrected chi connectivity index (χ2v) is 10.3. The number of fused-ring (bicyclic) bond motifs is 1. The summed E-state index contributed by atoms with van der Waals surface area (Å²) in [5, 5.41) is 4.39. The van der Waals surface area contributed by atoms with Crippen LogP contribution in [0.2, 0.25) is 0 Å². The molecule has 2 aromatic rings. The summed E-state index contributed by atoms with van der Waals surface area (Å²) >= 11 is 0. The minimum atomic E-state index is 0.273. The minimum Gasteiger partial charge on any atom is -0.361 e. The van der Waals surface area contributed by atoms with Crippen molar-refractivity contribution in [2.24, 2.45) is 17.8 Å². The fraction of sp³-hybridized carbons (Fsp3) is 0.654. The molecule has 0 amide bonds. The zero-order valence-electron chi connectivity index (χ0n) is 19.0. The van der Waals surface area contributed by atoms with E-state index in [-0.39, 0.29) is 5.78 Å². The molecule has 166 valence electrons.